The highest BCUT2D eigenvalue weighted by atomic mass is 35.5. The largest absolute Gasteiger partial charge is 0.480 e. The van der Waals surface area contributed by atoms with Crippen LogP contribution in [-0.2, 0) is 16.0 Å². The molecule has 106 valence electrons. The summed E-state index contributed by atoms with van der Waals surface area (Å²) in [6.45, 7) is 5.09. The van der Waals surface area contributed by atoms with Crippen LogP contribution in [0, 0.1) is 0 Å². The summed E-state index contributed by atoms with van der Waals surface area (Å²) in [5.41, 5.74) is -0.171. The molecule has 8 heteroatoms. The van der Waals surface area contributed by atoms with Gasteiger partial charge in [0.2, 0.25) is 0 Å². The Kier molecular flexibility index (Phi) is 5.13. The number of thiazole rings is 1. The lowest BCUT2D eigenvalue weighted by atomic mass is 10.2. The second-order valence-corrected chi connectivity index (χ2v) is 6.27. The van der Waals surface area contributed by atoms with Crippen LogP contribution in [-0.4, -0.2) is 33.8 Å². The fourth-order valence-corrected chi connectivity index (χ4v) is 2.03. The minimum Gasteiger partial charge on any atom is -0.480 e. The van der Waals surface area contributed by atoms with E-state index in [-0.39, 0.29) is 6.42 Å². The second-order valence-electron chi connectivity index (χ2n) is 4.83. The standard InChI is InChI=1S/C11H15ClN2O4S/c1-11(2,3)18-10(17)14-7(8(15)16)4-6-5-19-9(12)13-6/h5,7H,4H2,1-3H3,(H,14,17)(H,15,16). The van der Waals surface area contributed by atoms with Gasteiger partial charge < -0.3 is 15.2 Å². The van der Waals surface area contributed by atoms with E-state index in [9.17, 15) is 9.59 Å². The molecule has 1 heterocycles. The molecule has 1 atom stereocenters. The fourth-order valence-electron chi connectivity index (χ4n) is 1.24. The zero-order chi connectivity index (χ0) is 14.6. The molecule has 2 N–H and O–H groups in total. The number of nitrogens with one attached hydrogen (secondary N) is 1. The molecule has 6 nitrogen and oxygen atoms in total. The number of carboxylic acid groups (broad SMARTS) is 1. The van der Waals surface area contributed by atoms with Crippen molar-refractivity contribution in [1.29, 1.82) is 0 Å². The number of halogens is 1. The van der Waals surface area contributed by atoms with E-state index in [4.69, 9.17) is 21.4 Å². The number of rotatable bonds is 4. The molecule has 0 saturated carbocycles. The van der Waals surface area contributed by atoms with Crippen molar-refractivity contribution in [3.05, 3.63) is 15.5 Å². The van der Waals surface area contributed by atoms with Crippen molar-refractivity contribution in [2.75, 3.05) is 0 Å². The monoisotopic (exact) mass is 306 g/mol. The second kappa shape index (κ2) is 6.21. The maximum absolute atomic E-state index is 11.5. The lowest BCUT2D eigenvalue weighted by Crippen LogP contribution is -2.44. The number of amides is 1. The summed E-state index contributed by atoms with van der Waals surface area (Å²) >= 11 is 6.87. The molecule has 0 bridgehead atoms. The average Bonchev–Trinajstić information content (AvgIpc) is 2.60. The Morgan fingerprint density at radius 3 is 2.63 bits per heavy atom. The minimum absolute atomic E-state index is 0.0534. The van der Waals surface area contributed by atoms with Crippen molar-refractivity contribution in [3.63, 3.8) is 0 Å². The number of nitrogens with zero attached hydrogens (tertiary/aromatic N) is 1. The summed E-state index contributed by atoms with van der Waals surface area (Å²) in [7, 11) is 0. The topological polar surface area (TPSA) is 88.5 Å². The zero-order valence-corrected chi connectivity index (χ0v) is 12.3. The molecule has 19 heavy (non-hydrogen) atoms. The Morgan fingerprint density at radius 2 is 2.21 bits per heavy atom. The van der Waals surface area contributed by atoms with Gasteiger partial charge in [0.15, 0.2) is 4.47 Å². The molecule has 0 radical (unpaired) electrons. The summed E-state index contributed by atoms with van der Waals surface area (Å²) in [5, 5.41) is 13.0. The number of hydrogen-bond donors (Lipinski definition) is 2. The number of carbonyl (C=O) groups is 2. The van der Waals surface area contributed by atoms with Crippen molar-refractivity contribution in [3.8, 4) is 0 Å². The predicted molar refractivity (Wildman–Crippen MR) is 71.6 cm³/mol. The van der Waals surface area contributed by atoms with E-state index >= 15 is 0 Å². The van der Waals surface area contributed by atoms with E-state index in [0.717, 1.165) is 0 Å². The Morgan fingerprint density at radius 1 is 1.58 bits per heavy atom. The number of ether oxygens (including phenoxy) is 1. The molecule has 1 amide bonds. The number of hydrogen-bond acceptors (Lipinski definition) is 5. The minimum atomic E-state index is -1.16. The SMILES string of the molecule is CC(C)(C)OC(=O)NC(Cc1csc(Cl)n1)C(=O)O. The lowest BCUT2D eigenvalue weighted by Gasteiger charge is -2.21. The highest BCUT2D eigenvalue weighted by molar-refractivity contribution is 7.13. The van der Waals surface area contributed by atoms with Crippen molar-refractivity contribution in [2.45, 2.75) is 38.8 Å². The molecule has 0 aliphatic rings. The molecular formula is C11H15ClN2O4S. The average molecular weight is 307 g/mol. The molecule has 0 fully saturated rings. The van der Waals surface area contributed by atoms with Gasteiger partial charge >= 0.3 is 12.1 Å². The zero-order valence-electron chi connectivity index (χ0n) is 10.8. The van der Waals surface area contributed by atoms with Crippen LogP contribution in [0.5, 0.6) is 0 Å². The number of carbonyl (C=O) groups excluding carboxylic acids is 1. The van der Waals surface area contributed by atoms with Gasteiger partial charge in [-0.2, -0.15) is 0 Å². The first-order valence-electron chi connectivity index (χ1n) is 5.49. The normalized spacial score (nSPS) is 12.8. The predicted octanol–water partition coefficient (Wildman–Crippen LogP) is 2.32. The van der Waals surface area contributed by atoms with E-state index in [1.807, 2.05) is 0 Å². The van der Waals surface area contributed by atoms with Gasteiger partial charge in [0, 0.05) is 11.8 Å². The highest BCUT2D eigenvalue weighted by Gasteiger charge is 2.24. The summed E-state index contributed by atoms with van der Waals surface area (Å²) in [6, 6.07) is -1.10. The van der Waals surface area contributed by atoms with E-state index in [0.29, 0.717) is 10.2 Å². The summed E-state index contributed by atoms with van der Waals surface area (Å²) in [4.78, 5) is 26.6. The molecule has 0 spiro atoms. The number of alkyl carbamates (subject to hydrolysis) is 1. The Balaban J connectivity index is 2.63. The van der Waals surface area contributed by atoms with Crippen LogP contribution in [0.25, 0.3) is 0 Å². The molecular weight excluding hydrogens is 292 g/mol. The van der Waals surface area contributed by atoms with Crippen LogP contribution < -0.4 is 5.32 Å². The van der Waals surface area contributed by atoms with Gasteiger partial charge in [-0.3, -0.25) is 0 Å². The maximum atomic E-state index is 11.5. The van der Waals surface area contributed by atoms with Gasteiger partial charge in [-0.05, 0) is 20.8 Å². The lowest BCUT2D eigenvalue weighted by molar-refractivity contribution is -0.139. The Labute approximate surface area is 119 Å². The molecule has 0 aromatic carbocycles. The molecule has 0 saturated heterocycles. The third kappa shape index (κ3) is 5.89. The first kappa shape index (κ1) is 15.7. The van der Waals surface area contributed by atoms with Crippen LogP contribution in [0.1, 0.15) is 26.5 Å². The summed E-state index contributed by atoms with van der Waals surface area (Å²) in [5.74, 6) is -1.16. The first-order chi connectivity index (χ1) is 8.67. The van der Waals surface area contributed by atoms with Gasteiger partial charge in [0.05, 0.1) is 5.69 Å². The third-order valence-corrected chi connectivity index (χ3v) is 2.95. The number of aromatic nitrogens is 1. The highest BCUT2D eigenvalue weighted by Crippen LogP contribution is 2.16. The Bertz CT molecular complexity index is 470. The van der Waals surface area contributed by atoms with Crippen LogP contribution >= 0.6 is 22.9 Å². The smallest absolute Gasteiger partial charge is 0.408 e. The number of aliphatic carboxylic acids is 1. The van der Waals surface area contributed by atoms with Crippen molar-refractivity contribution < 1.29 is 19.4 Å². The molecule has 0 aliphatic carbocycles. The summed E-state index contributed by atoms with van der Waals surface area (Å²) < 4.78 is 5.33. The van der Waals surface area contributed by atoms with Crippen LogP contribution in [0.3, 0.4) is 0 Å². The van der Waals surface area contributed by atoms with Gasteiger partial charge in [0.25, 0.3) is 0 Å². The van der Waals surface area contributed by atoms with Gasteiger partial charge in [-0.1, -0.05) is 11.6 Å². The van der Waals surface area contributed by atoms with Crippen molar-refractivity contribution >= 4 is 35.0 Å². The van der Waals surface area contributed by atoms with Crippen LogP contribution in [0.15, 0.2) is 5.38 Å². The van der Waals surface area contributed by atoms with Crippen molar-refractivity contribution in [1.82, 2.24) is 10.3 Å². The molecule has 1 aromatic heterocycles. The Hall–Kier alpha value is -1.34. The first-order valence-corrected chi connectivity index (χ1v) is 6.75. The van der Waals surface area contributed by atoms with E-state index in [2.05, 4.69) is 10.3 Å². The van der Waals surface area contributed by atoms with E-state index < -0.39 is 23.7 Å². The molecule has 0 aliphatic heterocycles. The quantitative estimate of drug-likeness (QED) is 0.891. The molecule has 1 unspecified atom stereocenters. The van der Waals surface area contributed by atoms with E-state index in [1.54, 1.807) is 26.2 Å². The fraction of sp³-hybridized carbons (Fsp3) is 0.545. The maximum Gasteiger partial charge on any atom is 0.408 e. The summed E-state index contributed by atoms with van der Waals surface area (Å²) in [6.07, 6.45) is -0.723. The van der Waals surface area contributed by atoms with Gasteiger partial charge in [-0.15, -0.1) is 11.3 Å². The number of carboxylic acids is 1. The van der Waals surface area contributed by atoms with Gasteiger partial charge in [-0.25, -0.2) is 14.6 Å². The van der Waals surface area contributed by atoms with E-state index in [1.165, 1.54) is 11.3 Å². The molecule has 1 aromatic rings. The van der Waals surface area contributed by atoms with Gasteiger partial charge in [0.1, 0.15) is 11.6 Å². The van der Waals surface area contributed by atoms with Crippen LogP contribution in [0.4, 0.5) is 4.79 Å². The van der Waals surface area contributed by atoms with Crippen LogP contribution in [0.2, 0.25) is 4.47 Å². The van der Waals surface area contributed by atoms with Crippen molar-refractivity contribution in [2.24, 2.45) is 0 Å². The third-order valence-electron chi connectivity index (χ3n) is 1.93. The molecule has 1 rings (SSSR count).